The minimum absolute atomic E-state index is 0.0796. The molecule has 110 valence electrons. The monoisotopic (exact) mass is 298 g/mol. The van der Waals surface area contributed by atoms with Crippen LogP contribution in [0.4, 0.5) is 0 Å². The molecule has 0 aliphatic rings. The number of ketones is 2. The van der Waals surface area contributed by atoms with Crippen LogP contribution in [0.15, 0.2) is 30.3 Å². The number of rotatable bonds is 8. The maximum atomic E-state index is 12.3. The van der Waals surface area contributed by atoms with Crippen LogP contribution in [0.5, 0.6) is 0 Å². The fourth-order valence-corrected chi connectivity index (χ4v) is 2.90. The Bertz CT molecular complexity index is 504. The summed E-state index contributed by atoms with van der Waals surface area (Å²) in [7, 11) is -0.944. The lowest BCUT2D eigenvalue weighted by molar-refractivity contribution is -0.123. The van der Waals surface area contributed by atoms with Gasteiger partial charge in [-0.05, 0) is 12.5 Å². The van der Waals surface area contributed by atoms with E-state index in [0.29, 0.717) is 0 Å². The van der Waals surface area contributed by atoms with Gasteiger partial charge in [0.25, 0.3) is 0 Å². The van der Waals surface area contributed by atoms with Gasteiger partial charge in [-0.1, -0.05) is 30.3 Å². The maximum absolute atomic E-state index is 12.3. The Balaban J connectivity index is 2.97. The van der Waals surface area contributed by atoms with E-state index in [1.54, 1.807) is 24.3 Å². The van der Waals surface area contributed by atoms with Gasteiger partial charge in [-0.3, -0.25) is 14.2 Å². The average molecular weight is 298 g/mol. The van der Waals surface area contributed by atoms with Gasteiger partial charge >= 0.3 is 7.60 Å². The zero-order valence-electron chi connectivity index (χ0n) is 11.9. The molecule has 0 unspecified atom stereocenters. The number of Topliss-reactive ketones (excluding diaryl/α,β-unsaturated/α-hetero) is 2. The third-order valence-electron chi connectivity index (χ3n) is 2.99. The fraction of sp³-hybridized carbons (Fsp3) is 0.429. The Morgan fingerprint density at radius 2 is 1.70 bits per heavy atom. The lowest BCUT2D eigenvalue weighted by Crippen LogP contribution is -2.20. The van der Waals surface area contributed by atoms with Crippen molar-refractivity contribution in [2.45, 2.75) is 19.3 Å². The second-order valence-corrected chi connectivity index (χ2v) is 6.74. The highest BCUT2D eigenvalue weighted by atomic mass is 31.2. The number of benzene rings is 1. The molecule has 20 heavy (non-hydrogen) atoms. The second-order valence-electron chi connectivity index (χ2n) is 4.47. The number of carbonyl (C=O) groups is 2. The first-order chi connectivity index (χ1) is 9.41. The number of hydrogen-bond donors (Lipinski definition) is 0. The molecule has 6 heteroatoms. The van der Waals surface area contributed by atoms with Crippen LogP contribution in [0.1, 0.15) is 24.8 Å². The summed E-state index contributed by atoms with van der Waals surface area (Å²) < 4.78 is 21.6. The SMILES string of the molecule is COP(=O)(CC(=O)[C@@H](CC(C)=O)c1ccccc1)OC. The molecule has 0 heterocycles. The predicted molar refractivity (Wildman–Crippen MR) is 76.0 cm³/mol. The highest BCUT2D eigenvalue weighted by Gasteiger charge is 2.31. The molecule has 0 N–H and O–H groups in total. The van der Waals surface area contributed by atoms with E-state index in [4.69, 9.17) is 9.05 Å². The Hall–Kier alpha value is -1.29. The highest BCUT2D eigenvalue weighted by Crippen LogP contribution is 2.47. The molecule has 5 nitrogen and oxygen atoms in total. The van der Waals surface area contributed by atoms with E-state index in [1.807, 2.05) is 6.07 Å². The number of carbonyl (C=O) groups excluding carboxylic acids is 2. The minimum Gasteiger partial charge on any atom is -0.312 e. The van der Waals surface area contributed by atoms with E-state index in [9.17, 15) is 14.2 Å². The molecule has 0 radical (unpaired) electrons. The summed E-state index contributed by atoms with van der Waals surface area (Å²) in [5.74, 6) is -1.04. The van der Waals surface area contributed by atoms with Gasteiger partial charge < -0.3 is 9.05 Å². The van der Waals surface area contributed by atoms with Crippen molar-refractivity contribution < 1.29 is 23.2 Å². The molecule has 0 fully saturated rings. The summed E-state index contributed by atoms with van der Waals surface area (Å²) in [6, 6.07) is 8.96. The van der Waals surface area contributed by atoms with Gasteiger partial charge in [-0.25, -0.2) is 0 Å². The summed E-state index contributed by atoms with van der Waals surface area (Å²) in [6.45, 7) is 1.43. The lowest BCUT2D eigenvalue weighted by Gasteiger charge is -2.18. The Kier molecular flexibility index (Phi) is 6.27. The maximum Gasteiger partial charge on any atom is 0.337 e. The van der Waals surface area contributed by atoms with Gasteiger partial charge in [-0.15, -0.1) is 0 Å². The predicted octanol–water partition coefficient (Wildman–Crippen LogP) is 2.80. The summed E-state index contributed by atoms with van der Waals surface area (Å²) in [5, 5.41) is 0. The van der Waals surface area contributed by atoms with Gasteiger partial charge in [0.2, 0.25) is 0 Å². The van der Waals surface area contributed by atoms with Crippen LogP contribution in [0.25, 0.3) is 0 Å². The van der Waals surface area contributed by atoms with Crippen LogP contribution >= 0.6 is 7.60 Å². The van der Waals surface area contributed by atoms with Crippen molar-refractivity contribution in [3.63, 3.8) is 0 Å². The molecule has 0 spiro atoms. The van der Waals surface area contributed by atoms with Gasteiger partial charge in [0.1, 0.15) is 11.9 Å². The fourth-order valence-electron chi connectivity index (χ4n) is 1.90. The van der Waals surface area contributed by atoms with Gasteiger partial charge in [-0.2, -0.15) is 0 Å². The second kappa shape index (κ2) is 7.48. The van der Waals surface area contributed by atoms with E-state index < -0.39 is 13.5 Å². The van der Waals surface area contributed by atoms with Crippen molar-refractivity contribution in [3.05, 3.63) is 35.9 Å². The molecular formula is C14H19O5P. The smallest absolute Gasteiger partial charge is 0.312 e. The van der Waals surface area contributed by atoms with E-state index in [0.717, 1.165) is 5.56 Å². The molecule has 1 rings (SSSR count). The van der Waals surface area contributed by atoms with E-state index >= 15 is 0 Å². The number of hydrogen-bond acceptors (Lipinski definition) is 5. The van der Waals surface area contributed by atoms with E-state index in [1.165, 1.54) is 21.1 Å². The molecule has 0 saturated carbocycles. The first-order valence-corrected chi connectivity index (χ1v) is 7.92. The topological polar surface area (TPSA) is 69.7 Å². The molecule has 0 amide bonds. The van der Waals surface area contributed by atoms with Crippen LogP contribution in [-0.4, -0.2) is 31.9 Å². The van der Waals surface area contributed by atoms with Crippen LogP contribution in [-0.2, 0) is 23.2 Å². The molecular weight excluding hydrogens is 279 g/mol. The Morgan fingerprint density at radius 3 is 2.15 bits per heavy atom. The summed E-state index contributed by atoms with van der Waals surface area (Å²) >= 11 is 0. The third-order valence-corrected chi connectivity index (χ3v) is 4.80. The van der Waals surface area contributed by atoms with E-state index in [-0.39, 0.29) is 24.1 Å². The summed E-state index contributed by atoms with van der Waals surface area (Å²) in [4.78, 5) is 23.7. The van der Waals surface area contributed by atoms with Crippen molar-refractivity contribution in [1.82, 2.24) is 0 Å². The third kappa shape index (κ3) is 4.67. The standard InChI is InChI=1S/C14H19O5P/c1-11(15)9-13(12-7-5-4-6-8-12)14(16)10-20(17,18-2)19-3/h4-8,13H,9-10H2,1-3H3/t13-/m0/s1. The quantitative estimate of drug-likeness (QED) is 0.690. The first kappa shape index (κ1) is 16.8. The zero-order chi connectivity index (χ0) is 15.2. The van der Waals surface area contributed by atoms with Crippen molar-refractivity contribution in [1.29, 1.82) is 0 Å². The van der Waals surface area contributed by atoms with Gasteiger partial charge in [0.05, 0.1) is 5.92 Å². The van der Waals surface area contributed by atoms with Crippen LogP contribution in [0, 0.1) is 0 Å². The van der Waals surface area contributed by atoms with Crippen LogP contribution in [0.2, 0.25) is 0 Å². The molecule has 1 atom stereocenters. The zero-order valence-corrected chi connectivity index (χ0v) is 12.8. The van der Waals surface area contributed by atoms with Crippen molar-refractivity contribution >= 4 is 19.2 Å². The molecule has 0 bridgehead atoms. The van der Waals surface area contributed by atoms with E-state index in [2.05, 4.69) is 0 Å². The first-order valence-electron chi connectivity index (χ1n) is 6.19. The molecule has 1 aromatic rings. The average Bonchev–Trinajstić information content (AvgIpc) is 2.45. The van der Waals surface area contributed by atoms with Crippen molar-refractivity contribution in [3.8, 4) is 0 Å². The summed E-state index contributed by atoms with van der Waals surface area (Å²) in [5.41, 5.74) is 0.728. The Labute approximate surface area is 118 Å². The van der Waals surface area contributed by atoms with Crippen molar-refractivity contribution in [2.24, 2.45) is 0 Å². The largest absolute Gasteiger partial charge is 0.337 e. The van der Waals surface area contributed by atoms with Gasteiger partial charge in [0, 0.05) is 20.6 Å². The van der Waals surface area contributed by atoms with Crippen LogP contribution in [0.3, 0.4) is 0 Å². The molecule has 0 aromatic heterocycles. The molecule has 1 aromatic carbocycles. The van der Waals surface area contributed by atoms with Crippen molar-refractivity contribution in [2.75, 3.05) is 20.4 Å². The molecule has 0 saturated heterocycles. The van der Waals surface area contributed by atoms with Gasteiger partial charge in [0.15, 0.2) is 5.78 Å². The minimum atomic E-state index is -3.42. The van der Waals surface area contributed by atoms with Crippen LogP contribution < -0.4 is 0 Å². The molecule has 0 aliphatic carbocycles. The highest BCUT2D eigenvalue weighted by molar-refractivity contribution is 7.54. The lowest BCUT2D eigenvalue weighted by atomic mass is 9.91. The normalized spacial score (nSPS) is 12.9. The Morgan fingerprint density at radius 1 is 1.15 bits per heavy atom. The molecule has 0 aliphatic heterocycles. The summed E-state index contributed by atoms with van der Waals surface area (Å²) in [6.07, 6.45) is -0.261.